The molecule has 2 aliphatic heterocycles. The number of hydrogen-bond acceptors (Lipinski definition) is 2. The molecule has 3 aromatic heterocycles. The zero-order valence-electron chi connectivity index (χ0n) is 26.8. The summed E-state index contributed by atoms with van der Waals surface area (Å²) in [5.74, 6) is 0. The first-order valence-electron chi connectivity index (χ1n) is 16.3. The number of halogens is 1. The Balaban J connectivity index is 0.00000177. The molecule has 0 aliphatic carbocycles. The van der Waals surface area contributed by atoms with Gasteiger partial charge in [0.25, 0.3) is 0 Å². The summed E-state index contributed by atoms with van der Waals surface area (Å²) in [6.45, 7) is 0. The summed E-state index contributed by atoms with van der Waals surface area (Å²) in [7, 11) is 4.45. The second-order valence-electron chi connectivity index (χ2n) is 12.0. The molecule has 0 saturated carbocycles. The van der Waals surface area contributed by atoms with Crippen LogP contribution in [0, 0.1) is 0 Å². The molecule has 0 unspecified atom stereocenters. The van der Waals surface area contributed by atoms with E-state index in [0.717, 1.165) is 83.9 Å². The van der Waals surface area contributed by atoms with Crippen LogP contribution >= 0.6 is 10.1 Å². The summed E-state index contributed by atoms with van der Waals surface area (Å²) in [5.41, 5.74) is 15.4. The van der Waals surface area contributed by atoms with Crippen LogP contribution in [0.2, 0.25) is 0 Å². The molecular weight excluding hydrogens is 675 g/mol. The van der Waals surface area contributed by atoms with Crippen LogP contribution in [0.3, 0.4) is 0 Å². The van der Waals surface area contributed by atoms with Gasteiger partial charge in [0.05, 0.1) is 33.8 Å². The van der Waals surface area contributed by atoms with Crippen molar-refractivity contribution < 1.29 is 15.1 Å². The number of nitrogens with zero attached hydrogens (tertiary/aromatic N) is 3. The molecule has 0 atom stereocenters. The van der Waals surface area contributed by atoms with E-state index >= 15 is 0 Å². The van der Waals surface area contributed by atoms with E-state index in [1.807, 2.05) is 0 Å². The molecule has 0 amide bonds. The Bertz CT molecular complexity index is 2540. The van der Waals surface area contributed by atoms with Gasteiger partial charge in [-0.3, -0.25) is 0 Å². The molecule has 0 fully saturated rings. The van der Waals surface area contributed by atoms with Gasteiger partial charge in [0.2, 0.25) is 0 Å². The van der Waals surface area contributed by atoms with Crippen LogP contribution in [0.15, 0.2) is 152 Å². The summed E-state index contributed by atoms with van der Waals surface area (Å²) >= 11 is 2.41. The van der Waals surface area contributed by atoms with Crippen LogP contribution in [-0.2, 0) is 15.1 Å². The molecule has 4 aromatic carbocycles. The number of aromatic nitrogens is 4. The fraction of sp³-hybridized carbons (Fsp3) is 0. The van der Waals surface area contributed by atoms with Gasteiger partial charge >= 0.3 is 25.2 Å². The van der Waals surface area contributed by atoms with Crippen molar-refractivity contribution in [3.63, 3.8) is 0 Å². The standard InChI is InChI=1S/C44H30N4.ClH.Mn/c1-5-13-30(14-6-1)41-39-26-25-36(47-39)28-35-22-21-33(45-35)27-34-23-24-37(46-34)29-40-42(31-15-7-2-8-16-31)43(32-17-9-3-10-18-32)44(41)48(40)38-19-11-4-12-20-38;;/h1-29,45H;1H;/q;;+1/p-1. The Morgan fingerprint density at radius 3 is 1.50 bits per heavy atom. The first-order valence-corrected chi connectivity index (χ1v) is 17.9. The molecule has 7 aromatic rings. The van der Waals surface area contributed by atoms with Crippen LogP contribution < -0.4 is 0 Å². The van der Waals surface area contributed by atoms with E-state index in [4.69, 9.17) is 9.97 Å². The monoisotopic (exact) mass is 704 g/mol. The fourth-order valence-electron chi connectivity index (χ4n) is 6.81. The quantitative estimate of drug-likeness (QED) is 0.185. The van der Waals surface area contributed by atoms with Crippen molar-refractivity contribution in [2.24, 2.45) is 0 Å². The fourth-order valence-corrected chi connectivity index (χ4v) is 6.81. The van der Waals surface area contributed by atoms with Crippen molar-refractivity contribution in [1.82, 2.24) is 19.5 Å². The van der Waals surface area contributed by atoms with E-state index < -0.39 is 0 Å². The predicted molar refractivity (Wildman–Crippen MR) is 206 cm³/mol. The number of para-hydroxylation sites is 1. The van der Waals surface area contributed by atoms with Crippen molar-refractivity contribution in [1.29, 1.82) is 0 Å². The van der Waals surface area contributed by atoms with E-state index in [0.29, 0.717) is 0 Å². The van der Waals surface area contributed by atoms with Crippen LogP contribution in [0.4, 0.5) is 0 Å². The van der Waals surface area contributed by atoms with Gasteiger partial charge in [-0.15, -0.1) is 0 Å². The Morgan fingerprint density at radius 2 is 0.920 bits per heavy atom. The second-order valence-corrected chi connectivity index (χ2v) is 12.0. The summed E-state index contributed by atoms with van der Waals surface area (Å²) in [4.78, 5) is 13.9. The number of nitrogens with one attached hydrogen (secondary N) is 1. The number of hydrogen-bond donors (Lipinski definition) is 1. The van der Waals surface area contributed by atoms with Gasteiger partial charge in [-0.05, 0) is 83.5 Å². The molecule has 6 heteroatoms. The zero-order chi connectivity index (χ0) is 33.9. The SMILES string of the molecule is C1=Cc2cc3c(-c4ccccc4)c(-c4ccccc4)c(c(-c4ccccc4)c4nc(cc5ccc(cc1n2)[nH]5)C=C4)n3-c1ccccc1.[Cl][Mn]. The third-order valence-corrected chi connectivity index (χ3v) is 8.87. The van der Waals surface area contributed by atoms with E-state index in [9.17, 15) is 0 Å². The minimum atomic E-state index is 0.889. The van der Waals surface area contributed by atoms with Gasteiger partial charge in [0.15, 0.2) is 0 Å². The van der Waals surface area contributed by atoms with Gasteiger partial charge in [-0.25, -0.2) is 9.97 Å². The molecule has 0 saturated heterocycles. The first kappa shape index (κ1) is 31.6. The number of aromatic amines is 1. The van der Waals surface area contributed by atoms with Crippen LogP contribution in [0.1, 0.15) is 22.8 Å². The van der Waals surface area contributed by atoms with Crippen molar-refractivity contribution in [2.45, 2.75) is 0 Å². The van der Waals surface area contributed by atoms with Gasteiger partial charge < -0.3 is 9.55 Å². The molecule has 8 bridgehead atoms. The van der Waals surface area contributed by atoms with Crippen LogP contribution in [0.25, 0.3) is 85.4 Å². The van der Waals surface area contributed by atoms with Crippen molar-refractivity contribution in [2.75, 3.05) is 0 Å². The molecule has 0 radical (unpaired) electrons. The van der Waals surface area contributed by atoms with Crippen molar-refractivity contribution >= 4 is 56.5 Å². The van der Waals surface area contributed by atoms with Gasteiger partial charge in [-0.2, -0.15) is 0 Å². The molecule has 2 aliphatic rings. The van der Waals surface area contributed by atoms with E-state index in [-0.39, 0.29) is 0 Å². The molecular formula is C44H30ClMnN4. The Morgan fingerprint density at radius 1 is 0.460 bits per heavy atom. The van der Waals surface area contributed by atoms with E-state index in [1.165, 1.54) is 0 Å². The second kappa shape index (κ2) is 14.0. The third kappa shape index (κ3) is 6.04. The first-order chi connectivity index (χ1) is 24.8. The number of fused-ring (bicyclic) bond motifs is 8. The summed E-state index contributed by atoms with van der Waals surface area (Å²) in [5, 5.41) is 0. The van der Waals surface area contributed by atoms with Crippen LogP contribution in [0.5, 0.6) is 0 Å². The van der Waals surface area contributed by atoms with Gasteiger partial charge in [-0.1, -0.05) is 109 Å². The van der Waals surface area contributed by atoms with E-state index in [2.05, 4.69) is 211 Å². The molecule has 9 rings (SSSR count). The van der Waals surface area contributed by atoms with Crippen molar-refractivity contribution in [3.8, 4) is 39.1 Å². The normalized spacial score (nSPS) is 11.6. The molecule has 0 spiro atoms. The zero-order valence-corrected chi connectivity index (χ0v) is 28.8. The van der Waals surface area contributed by atoms with Crippen LogP contribution in [-0.4, -0.2) is 19.5 Å². The van der Waals surface area contributed by atoms with Crippen molar-refractivity contribution in [3.05, 3.63) is 174 Å². The van der Waals surface area contributed by atoms with Gasteiger partial charge in [0.1, 0.15) is 0 Å². The Labute approximate surface area is 303 Å². The van der Waals surface area contributed by atoms with E-state index in [1.54, 1.807) is 0 Å². The molecule has 5 heterocycles. The number of rotatable bonds is 4. The Hall–Kier alpha value is -5.71. The maximum atomic E-state index is 5.29. The summed E-state index contributed by atoms with van der Waals surface area (Å²) in [6, 6.07) is 53.3. The molecule has 4 nitrogen and oxygen atoms in total. The third-order valence-electron chi connectivity index (χ3n) is 8.87. The molecule has 1 N–H and O–H groups in total. The number of H-pyrrole nitrogens is 1. The number of benzene rings is 4. The Kier molecular flexibility index (Phi) is 8.85. The average Bonchev–Trinajstić information content (AvgIpc) is 3.99. The summed E-state index contributed by atoms with van der Waals surface area (Å²) in [6.07, 6.45) is 8.44. The summed E-state index contributed by atoms with van der Waals surface area (Å²) < 4.78 is 2.41. The minimum absolute atomic E-state index is 0.889. The topological polar surface area (TPSA) is 46.5 Å². The maximum absolute atomic E-state index is 5.29. The molecule has 50 heavy (non-hydrogen) atoms. The predicted octanol–water partition coefficient (Wildman–Crippen LogP) is 11.8. The molecule has 240 valence electrons. The average molecular weight is 705 g/mol. The van der Waals surface area contributed by atoms with Gasteiger partial charge in [0, 0.05) is 33.4 Å².